The molecule has 5 heteroatoms. The summed E-state index contributed by atoms with van der Waals surface area (Å²) in [5.41, 5.74) is 0.948. The molecule has 1 aliphatic heterocycles. The molecule has 1 aromatic carbocycles. The SMILES string of the molecule is CCOc1cccc2sc(NC[C@H]3CCCO3)nc12. The minimum Gasteiger partial charge on any atom is -0.492 e. The molecule has 0 amide bonds. The summed E-state index contributed by atoms with van der Waals surface area (Å²) in [4.78, 5) is 4.62. The molecule has 102 valence electrons. The van der Waals surface area contributed by atoms with Crippen molar-refractivity contribution in [3.8, 4) is 5.75 Å². The fourth-order valence-electron chi connectivity index (χ4n) is 2.28. The Bertz CT molecular complexity index is 549. The summed E-state index contributed by atoms with van der Waals surface area (Å²) in [6, 6.07) is 6.05. The summed E-state index contributed by atoms with van der Waals surface area (Å²) < 4.78 is 12.4. The van der Waals surface area contributed by atoms with E-state index in [2.05, 4.69) is 16.4 Å². The molecule has 0 unspecified atom stereocenters. The number of thiazole rings is 1. The van der Waals surface area contributed by atoms with Crippen LogP contribution < -0.4 is 10.1 Å². The van der Waals surface area contributed by atoms with E-state index in [9.17, 15) is 0 Å². The first kappa shape index (κ1) is 12.7. The minimum absolute atomic E-state index is 0.332. The third kappa shape index (κ3) is 2.82. The zero-order chi connectivity index (χ0) is 13.1. The predicted molar refractivity (Wildman–Crippen MR) is 78.3 cm³/mol. The summed E-state index contributed by atoms with van der Waals surface area (Å²) in [5.74, 6) is 0.862. The van der Waals surface area contributed by atoms with Gasteiger partial charge in [-0.25, -0.2) is 4.98 Å². The first-order valence-electron chi connectivity index (χ1n) is 6.74. The van der Waals surface area contributed by atoms with Crippen molar-refractivity contribution in [3.05, 3.63) is 18.2 Å². The Morgan fingerprint density at radius 3 is 3.26 bits per heavy atom. The monoisotopic (exact) mass is 278 g/mol. The van der Waals surface area contributed by atoms with Crippen LogP contribution in [-0.4, -0.2) is 30.8 Å². The van der Waals surface area contributed by atoms with Crippen LogP contribution in [0.15, 0.2) is 18.2 Å². The van der Waals surface area contributed by atoms with Gasteiger partial charge in [-0.3, -0.25) is 0 Å². The molecular weight excluding hydrogens is 260 g/mol. The Hall–Kier alpha value is -1.33. The van der Waals surface area contributed by atoms with E-state index in [0.717, 1.165) is 40.7 Å². The van der Waals surface area contributed by atoms with E-state index in [1.54, 1.807) is 11.3 Å². The second-order valence-corrected chi connectivity index (χ2v) is 5.60. The highest BCUT2D eigenvalue weighted by atomic mass is 32.1. The largest absolute Gasteiger partial charge is 0.492 e. The van der Waals surface area contributed by atoms with Crippen molar-refractivity contribution in [2.45, 2.75) is 25.9 Å². The fourth-order valence-corrected chi connectivity index (χ4v) is 3.17. The normalized spacial score (nSPS) is 18.9. The number of hydrogen-bond donors (Lipinski definition) is 1. The van der Waals surface area contributed by atoms with Gasteiger partial charge in [-0.05, 0) is 31.9 Å². The standard InChI is InChI=1S/C14H18N2O2S/c1-2-17-11-6-3-7-12-13(11)16-14(19-12)15-9-10-5-4-8-18-10/h3,6-7,10H,2,4-5,8-9H2,1H3,(H,15,16)/t10-/m1/s1. The Morgan fingerprint density at radius 1 is 1.53 bits per heavy atom. The number of hydrogen-bond acceptors (Lipinski definition) is 5. The van der Waals surface area contributed by atoms with Crippen LogP contribution in [0.25, 0.3) is 10.2 Å². The summed E-state index contributed by atoms with van der Waals surface area (Å²) in [5, 5.41) is 4.31. The number of benzene rings is 1. The van der Waals surface area contributed by atoms with Crippen molar-refractivity contribution < 1.29 is 9.47 Å². The van der Waals surface area contributed by atoms with E-state index in [-0.39, 0.29) is 0 Å². The van der Waals surface area contributed by atoms with E-state index in [0.29, 0.717) is 12.7 Å². The van der Waals surface area contributed by atoms with E-state index in [1.165, 1.54) is 6.42 Å². The molecule has 1 aromatic heterocycles. The zero-order valence-electron chi connectivity index (χ0n) is 11.0. The molecule has 1 N–H and O–H groups in total. The first-order valence-corrected chi connectivity index (χ1v) is 7.56. The van der Waals surface area contributed by atoms with Crippen LogP contribution in [0.1, 0.15) is 19.8 Å². The number of para-hydroxylation sites is 1. The Balaban J connectivity index is 1.75. The maximum atomic E-state index is 5.60. The fraction of sp³-hybridized carbons (Fsp3) is 0.500. The summed E-state index contributed by atoms with van der Waals surface area (Å²) in [6.45, 7) is 4.38. The molecule has 2 heterocycles. The molecule has 0 bridgehead atoms. The van der Waals surface area contributed by atoms with Crippen molar-refractivity contribution in [3.63, 3.8) is 0 Å². The average Bonchev–Trinajstić information content (AvgIpc) is 3.06. The van der Waals surface area contributed by atoms with Gasteiger partial charge in [0.05, 0.1) is 17.4 Å². The number of nitrogens with zero attached hydrogens (tertiary/aromatic N) is 1. The molecule has 0 spiro atoms. The second-order valence-electron chi connectivity index (χ2n) is 4.57. The van der Waals surface area contributed by atoms with Crippen LogP contribution in [0.3, 0.4) is 0 Å². The molecule has 0 saturated carbocycles. The highest BCUT2D eigenvalue weighted by Crippen LogP contribution is 2.32. The molecule has 1 saturated heterocycles. The van der Waals surface area contributed by atoms with Gasteiger partial charge in [-0.2, -0.15) is 0 Å². The lowest BCUT2D eigenvalue weighted by molar-refractivity contribution is 0.120. The second kappa shape index (κ2) is 5.75. The van der Waals surface area contributed by atoms with Crippen LogP contribution in [0.5, 0.6) is 5.75 Å². The number of ether oxygens (including phenoxy) is 2. The Labute approximate surface area is 116 Å². The van der Waals surface area contributed by atoms with Crippen LogP contribution in [0, 0.1) is 0 Å². The van der Waals surface area contributed by atoms with Gasteiger partial charge in [0.1, 0.15) is 11.3 Å². The Kier molecular flexibility index (Phi) is 3.84. The molecule has 1 fully saturated rings. The van der Waals surface area contributed by atoms with Gasteiger partial charge >= 0.3 is 0 Å². The molecule has 1 aliphatic rings. The van der Waals surface area contributed by atoms with Gasteiger partial charge < -0.3 is 14.8 Å². The molecule has 2 aromatic rings. The molecular formula is C14H18N2O2S. The highest BCUT2D eigenvalue weighted by molar-refractivity contribution is 7.22. The number of rotatable bonds is 5. The van der Waals surface area contributed by atoms with Gasteiger partial charge in [0.25, 0.3) is 0 Å². The highest BCUT2D eigenvalue weighted by Gasteiger charge is 2.16. The van der Waals surface area contributed by atoms with E-state index in [4.69, 9.17) is 9.47 Å². The number of anilines is 1. The minimum atomic E-state index is 0.332. The van der Waals surface area contributed by atoms with Crippen molar-refractivity contribution in [1.29, 1.82) is 0 Å². The maximum absolute atomic E-state index is 5.60. The first-order chi connectivity index (χ1) is 9.36. The van der Waals surface area contributed by atoms with E-state index >= 15 is 0 Å². The lowest BCUT2D eigenvalue weighted by Crippen LogP contribution is -2.18. The third-order valence-corrected chi connectivity index (χ3v) is 4.17. The topological polar surface area (TPSA) is 43.4 Å². The molecule has 0 aliphatic carbocycles. The van der Waals surface area contributed by atoms with Crippen LogP contribution in [0.4, 0.5) is 5.13 Å². The van der Waals surface area contributed by atoms with Crippen LogP contribution >= 0.6 is 11.3 Å². The average molecular weight is 278 g/mol. The van der Waals surface area contributed by atoms with Gasteiger partial charge in [-0.15, -0.1) is 0 Å². The molecule has 4 nitrogen and oxygen atoms in total. The molecule has 3 rings (SSSR count). The Morgan fingerprint density at radius 2 is 2.47 bits per heavy atom. The van der Waals surface area contributed by atoms with Gasteiger partial charge in [0, 0.05) is 13.2 Å². The van der Waals surface area contributed by atoms with Crippen LogP contribution in [-0.2, 0) is 4.74 Å². The van der Waals surface area contributed by atoms with Gasteiger partial charge in [0.2, 0.25) is 0 Å². The quantitative estimate of drug-likeness (QED) is 0.911. The number of nitrogens with one attached hydrogen (secondary N) is 1. The van der Waals surface area contributed by atoms with Gasteiger partial charge in [-0.1, -0.05) is 17.4 Å². The molecule has 0 radical (unpaired) electrons. The third-order valence-electron chi connectivity index (χ3n) is 3.19. The predicted octanol–water partition coefficient (Wildman–Crippen LogP) is 3.29. The summed E-state index contributed by atoms with van der Waals surface area (Å²) >= 11 is 1.66. The van der Waals surface area contributed by atoms with Gasteiger partial charge in [0.15, 0.2) is 5.13 Å². The van der Waals surface area contributed by atoms with Crippen molar-refractivity contribution in [2.75, 3.05) is 25.1 Å². The van der Waals surface area contributed by atoms with Crippen molar-refractivity contribution in [1.82, 2.24) is 4.98 Å². The van der Waals surface area contributed by atoms with Crippen molar-refractivity contribution in [2.24, 2.45) is 0 Å². The zero-order valence-corrected chi connectivity index (χ0v) is 11.8. The lowest BCUT2D eigenvalue weighted by atomic mass is 10.2. The summed E-state index contributed by atoms with van der Waals surface area (Å²) in [7, 11) is 0. The number of aromatic nitrogens is 1. The lowest BCUT2D eigenvalue weighted by Gasteiger charge is -2.08. The summed E-state index contributed by atoms with van der Waals surface area (Å²) in [6.07, 6.45) is 2.64. The number of fused-ring (bicyclic) bond motifs is 1. The van der Waals surface area contributed by atoms with E-state index < -0.39 is 0 Å². The molecule has 19 heavy (non-hydrogen) atoms. The maximum Gasteiger partial charge on any atom is 0.184 e. The van der Waals surface area contributed by atoms with Crippen molar-refractivity contribution >= 4 is 26.7 Å². The van der Waals surface area contributed by atoms with E-state index in [1.807, 2.05) is 19.1 Å². The molecule has 1 atom stereocenters. The smallest absolute Gasteiger partial charge is 0.184 e. The van der Waals surface area contributed by atoms with Crippen LogP contribution in [0.2, 0.25) is 0 Å².